The van der Waals surface area contributed by atoms with E-state index >= 15 is 0 Å². The van der Waals surface area contributed by atoms with Crippen LogP contribution in [0.15, 0.2) is 24.3 Å². The Hall–Kier alpha value is -3.61. The molecule has 2 atom stereocenters. The topological polar surface area (TPSA) is 155 Å². The molecular formula is C26H39N5O5. The van der Waals surface area contributed by atoms with Crippen LogP contribution in [0.25, 0.3) is 0 Å². The third-order valence-electron chi connectivity index (χ3n) is 5.23. The summed E-state index contributed by atoms with van der Waals surface area (Å²) in [6.07, 6.45) is 1.52. The van der Waals surface area contributed by atoms with Gasteiger partial charge in [-0.15, -0.1) is 0 Å². The molecule has 4 amide bonds. The third-order valence-corrected chi connectivity index (χ3v) is 5.23. The number of hydrogen-bond acceptors (Lipinski definition) is 6. The zero-order chi connectivity index (χ0) is 27.3. The minimum absolute atomic E-state index is 0.117. The minimum atomic E-state index is -1.23. The number of carbonyl (C=O) groups is 4. The summed E-state index contributed by atoms with van der Waals surface area (Å²) in [5, 5.41) is 14.9. The summed E-state index contributed by atoms with van der Waals surface area (Å²) >= 11 is 0. The van der Waals surface area contributed by atoms with Crippen LogP contribution in [0.2, 0.25) is 0 Å². The number of nitrogens with two attached hydrogens (primary N) is 1. The molecule has 0 aliphatic carbocycles. The Bertz CT molecular complexity index is 934. The van der Waals surface area contributed by atoms with Crippen molar-refractivity contribution in [3.05, 3.63) is 35.4 Å². The Morgan fingerprint density at radius 2 is 1.78 bits per heavy atom. The number of carbonyl (C=O) groups excluding carboxylic acids is 4. The molecule has 0 aliphatic heterocycles. The van der Waals surface area contributed by atoms with Crippen molar-refractivity contribution in [2.45, 2.75) is 84.4 Å². The fourth-order valence-electron chi connectivity index (χ4n) is 3.47. The summed E-state index contributed by atoms with van der Waals surface area (Å²) in [5.41, 5.74) is 5.93. The fraction of sp³-hybridized carbons (Fsp3) is 0.577. The highest BCUT2D eigenvalue weighted by molar-refractivity contribution is 5.92. The summed E-state index contributed by atoms with van der Waals surface area (Å²) in [7, 11) is 0. The molecule has 1 aromatic rings. The molecule has 0 bridgehead atoms. The van der Waals surface area contributed by atoms with Gasteiger partial charge in [0.05, 0.1) is 6.07 Å². The molecule has 1 rings (SSSR count). The maximum Gasteiger partial charge on any atom is 0.408 e. The first kappa shape index (κ1) is 30.4. The lowest BCUT2D eigenvalue weighted by molar-refractivity contribution is -0.142. The normalized spacial score (nSPS) is 12.6. The molecule has 4 N–H and O–H groups in total. The summed E-state index contributed by atoms with van der Waals surface area (Å²) < 4.78 is 5.27. The predicted molar refractivity (Wildman–Crippen MR) is 135 cm³/mol. The van der Waals surface area contributed by atoms with Gasteiger partial charge in [-0.25, -0.2) is 4.79 Å². The second kappa shape index (κ2) is 14.7. The van der Waals surface area contributed by atoms with Crippen molar-refractivity contribution in [2.24, 2.45) is 5.73 Å². The van der Waals surface area contributed by atoms with Crippen LogP contribution in [-0.2, 0) is 19.1 Å². The summed E-state index contributed by atoms with van der Waals surface area (Å²) in [5.74, 6) is -1.79. The van der Waals surface area contributed by atoms with E-state index in [0.29, 0.717) is 12.1 Å². The smallest absolute Gasteiger partial charge is 0.408 e. The molecule has 0 saturated heterocycles. The molecule has 0 aromatic heterocycles. The van der Waals surface area contributed by atoms with Gasteiger partial charge in [0.1, 0.15) is 24.2 Å². The first-order valence-electron chi connectivity index (χ1n) is 12.2. The number of nitriles is 1. The minimum Gasteiger partial charge on any atom is -0.444 e. The van der Waals surface area contributed by atoms with E-state index in [1.54, 1.807) is 32.9 Å². The summed E-state index contributed by atoms with van der Waals surface area (Å²) in [6.45, 7) is 8.97. The number of amides is 4. The largest absolute Gasteiger partial charge is 0.444 e. The van der Waals surface area contributed by atoms with E-state index in [9.17, 15) is 24.4 Å². The maximum absolute atomic E-state index is 13.7. The molecule has 198 valence electrons. The fourth-order valence-corrected chi connectivity index (χ4v) is 3.47. The molecule has 10 heteroatoms. The van der Waals surface area contributed by atoms with Gasteiger partial charge in [0.25, 0.3) is 0 Å². The second-order valence-corrected chi connectivity index (χ2v) is 9.64. The number of unbranched alkanes of at least 4 members (excludes halogenated alkanes) is 2. The first-order valence-corrected chi connectivity index (χ1v) is 12.2. The third kappa shape index (κ3) is 10.8. The Labute approximate surface area is 213 Å². The number of ether oxygens (including phenoxy) is 1. The molecule has 36 heavy (non-hydrogen) atoms. The number of nitrogens with zero attached hydrogens (tertiary/aromatic N) is 2. The predicted octanol–water partition coefficient (Wildman–Crippen LogP) is 2.85. The Morgan fingerprint density at radius 1 is 1.14 bits per heavy atom. The number of rotatable bonds is 13. The lowest BCUT2D eigenvalue weighted by atomic mass is 10.0. The zero-order valence-electron chi connectivity index (χ0n) is 21.9. The van der Waals surface area contributed by atoms with Gasteiger partial charge in [-0.1, -0.05) is 49.6 Å². The highest BCUT2D eigenvalue weighted by Gasteiger charge is 2.36. The van der Waals surface area contributed by atoms with Gasteiger partial charge < -0.3 is 26.0 Å². The Kier molecular flexibility index (Phi) is 12.4. The van der Waals surface area contributed by atoms with E-state index in [4.69, 9.17) is 10.5 Å². The monoisotopic (exact) mass is 501 g/mol. The van der Waals surface area contributed by atoms with Gasteiger partial charge in [-0.2, -0.15) is 5.26 Å². The molecule has 1 aromatic carbocycles. The van der Waals surface area contributed by atoms with Crippen molar-refractivity contribution in [2.75, 3.05) is 13.1 Å². The van der Waals surface area contributed by atoms with Gasteiger partial charge in [0, 0.05) is 13.0 Å². The SMILES string of the molecule is CCCCCNC(=O)C(c1ccc(C)cc1)N(CC#N)C(=O)C(CCC(N)=O)NC(=O)OC(C)(C)C. The number of benzene rings is 1. The molecular weight excluding hydrogens is 462 g/mol. The standard InChI is InChI=1S/C26H39N5O5/c1-6-7-8-16-29-23(33)22(19-11-9-18(2)10-12-19)31(17-15-27)24(34)20(13-14-21(28)32)30-25(35)36-26(3,4)5/h9-12,20,22H,6-8,13-14,16-17H2,1-5H3,(H2,28,32)(H,29,33)(H,30,35). The lowest BCUT2D eigenvalue weighted by Crippen LogP contribution is -2.53. The molecule has 10 nitrogen and oxygen atoms in total. The Balaban J connectivity index is 3.36. The van der Waals surface area contributed by atoms with Gasteiger partial charge in [-0.05, 0) is 46.1 Å². The van der Waals surface area contributed by atoms with Crippen LogP contribution in [-0.4, -0.2) is 53.4 Å². The lowest BCUT2D eigenvalue weighted by Gasteiger charge is -2.33. The number of alkyl carbamates (subject to hydrolysis) is 1. The van der Waals surface area contributed by atoms with E-state index in [2.05, 4.69) is 10.6 Å². The number of primary amides is 1. The van der Waals surface area contributed by atoms with Crippen molar-refractivity contribution < 1.29 is 23.9 Å². The van der Waals surface area contributed by atoms with Crippen LogP contribution in [0, 0.1) is 18.3 Å². The average Bonchev–Trinajstić information content (AvgIpc) is 2.78. The van der Waals surface area contributed by atoms with Crippen molar-refractivity contribution in [1.29, 1.82) is 5.26 Å². The summed E-state index contributed by atoms with van der Waals surface area (Å²) in [4.78, 5) is 52.0. The quantitative estimate of drug-likeness (QED) is 0.279. The van der Waals surface area contributed by atoms with E-state index in [0.717, 1.165) is 29.7 Å². The highest BCUT2D eigenvalue weighted by atomic mass is 16.6. The molecule has 0 saturated carbocycles. The highest BCUT2D eigenvalue weighted by Crippen LogP contribution is 2.24. The molecule has 0 aliphatic rings. The van der Waals surface area contributed by atoms with Crippen molar-refractivity contribution in [1.82, 2.24) is 15.5 Å². The molecule has 0 heterocycles. The van der Waals surface area contributed by atoms with Crippen LogP contribution in [0.4, 0.5) is 4.79 Å². The van der Waals surface area contributed by atoms with Crippen molar-refractivity contribution >= 4 is 23.8 Å². The van der Waals surface area contributed by atoms with Gasteiger partial charge in [0.2, 0.25) is 17.7 Å². The Morgan fingerprint density at radius 3 is 2.31 bits per heavy atom. The van der Waals surface area contributed by atoms with Crippen LogP contribution in [0.1, 0.15) is 77.0 Å². The van der Waals surface area contributed by atoms with E-state index in [1.807, 2.05) is 32.0 Å². The zero-order valence-corrected chi connectivity index (χ0v) is 21.9. The number of nitrogens with one attached hydrogen (secondary N) is 2. The van der Waals surface area contributed by atoms with Gasteiger partial charge in [-0.3, -0.25) is 14.4 Å². The molecule has 0 fully saturated rings. The van der Waals surface area contributed by atoms with Crippen LogP contribution in [0.5, 0.6) is 0 Å². The second-order valence-electron chi connectivity index (χ2n) is 9.64. The van der Waals surface area contributed by atoms with Gasteiger partial charge in [0.15, 0.2) is 0 Å². The van der Waals surface area contributed by atoms with Gasteiger partial charge >= 0.3 is 6.09 Å². The first-order chi connectivity index (χ1) is 16.9. The molecule has 0 radical (unpaired) electrons. The van der Waals surface area contributed by atoms with Crippen LogP contribution < -0.4 is 16.4 Å². The molecule has 0 spiro atoms. The number of hydrogen-bond donors (Lipinski definition) is 3. The maximum atomic E-state index is 13.7. The van der Waals surface area contributed by atoms with Crippen molar-refractivity contribution in [3.63, 3.8) is 0 Å². The summed E-state index contributed by atoms with van der Waals surface area (Å²) in [6, 6.07) is 6.66. The van der Waals surface area contributed by atoms with Crippen LogP contribution in [0.3, 0.4) is 0 Å². The van der Waals surface area contributed by atoms with E-state index < -0.39 is 48.0 Å². The van der Waals surface area contributed by atoms with Crippen molar-refractivity contribution in [3.8, 4) is 6.07 Å². The van der Waals surface area contributed by atoms with E-state index in [-0.39, 0.29) is 12.8 Å². The average molecular weight is 502 g/mol. The molecule has 2 unspecified atom stereocenters. The van der Waals surface area contributed by atoms with E-state index in [1.165, 1.54) is 0 Å². The van der Waals surface area contributed by atoms with Crippen LogP contribution >= 0.6 is 0 Å². The number of aryl methyl sites for hydroxylation is 1.